The van der Waals surface area contributed by atoms with E-state index in [4.69, 9.17) is 11.6 Å². The number of carbonyl (C=O) groups excluding carboxylic acids is 1. The summed E-state index contributed by atoms with van der Waals surface area (Å²) in [5, 5.41) is 13.8. The van der Waals surface area contributed by atoms with Gasteiger partial charge in [0.15, 0.2) is 0 Å². The van der Waals surface area contributed by atoms with Crippen molar-refractivity contribution in [2.75, 3.05) is 14.1 Å². The summed E-state index contributed by atoms with van der Waals surface area (Å²) in [4.78, 5) is 18.5. The Morgan fingerprint density at radius 2 is 1.87 bits per heavy atom. The number of hydrogen-bond acceptors (Lipinski definition) is 4. The molecule has 0 aliphatic heterocycles. The number of aryl methyl sites for hydroxylation is 3. The van der Waals surface area contributed by atoms with Crippen molar-refractivity contribution in [3.63, 3.8) is 0 Å². The number of rotatable bonds is 6. The lowest BCUT2D eigenvalue weighted by Gasteiger charge is -2.17. The molecule has 1 amide bonds. The molecule has 0 saturated heterocycles. The van der Waals surface area contributed by atoms with Crippen LogP contribution in [0.25, 0.3) is 11.1 Å². The van der Waals surface area contributed by atoms with Gasteiger partial charge in [-0.2, -0.15) is 0 Å². The van der Waals surface area contributed by atoms with Crippen molar-refractivity contribution in [2.45, 2.75) is 26.7 Å². The number of amides is 1. The number of halogens is 1. The van der Waals surface area contributed by atoms with Crippen LogP contribution in [-0.2, 0) is 6.42 Å². The van der Waals surface area contributed by atoms with Gasteiger partial charge in [0, 0.05) is 42.1 Å². The monoisotopic (exact) mass is 435 g/mol. The zero-order valence-corrected chi connectivity index (χ0v) is 18.9. The molecule has 1 aromatic heterocycles. The average Bonchev–Trinajstić information content (AvgIpc) is 2.73. The van der Waals surface area contributed by atoms with Gasteiger partial charge < -0.3 is 10.1 Å². The Hall–Kier alpha value is -3.18. The van der Waals surface area contributed by atoms with Crippen molar-refractivity contribution >= 4 is 23.2 Å². The third kappa shape index (κ3) is 5.30. The first-order valence-corrected chi connectivity index (χ1v) is 10.4. The fourth-order valence-corrected chi connectivity index (χ4v) is 3.83. The Balaban J connectivity index is 1.98. The van der Waals surface area contributed by atoms with E-state index < -0.39 is 0 Å². The Labute approximate surface area is 188 Å². The largest absolute Gasteiger partial charge is 0.411 e. The lowest BCUT2D eigenvalue weighted by Crippen LogP contribution is -2.23. The van der Waals surface area contributed by atoms with Gasteiger partial charge in [0.1, 0.15) is 0 Å². The van der Waals surface area contributed by atoms with Gasteiger partial charge in [-0.15, -0.1) is 0 Å². The summed E-state index contributed by atoms with van der Waals surface area (Å²) >= 11 is 6.12. The van der Waals surface area contributed by atoms with Crippen molar-refractivity contribution in [3.8, 4) is 11.1 Å². The normalized spacial score (nSPS) is 11.5. The highest BCUT2D eigenvalue weighted by molar-refractivity contribution is 6.30. The molecule has 0 aliphatic carbocycles. The van der Waals surface area contributed by atoms with E-state index in [0.29, 0.717) is 29.1 Å². The number of aromatic nitrogens is 1. The molecular weight excluding hydrogens is 410 g/mol. The Morgan fingerprint density at radius 1 is 1.10 bits per heavy atom. The number of pyridine rings is 1. The third-order valence-corrected chi connectivity index (χ3v) is 5.46. The van der Waals surface area contributed by atoms with Crippen LogP contribution in [0.5, 0.6) is 0 Å². The van der Waals surface area contributed by atoms with Crippen LogP contribution in [0, 0.1) is 13.8 Å². The molecule has 31 heavy (non-hydrogen) atoms. The number of nitrogens with zero attached hydrogens (tertiary/aromatic N) is 3. The second-order valence-corrected chi connectivity index (χ2v) is 8.20. The first-order chi connectivity index (χ1) is 14.8. The van der Waals surface area contributed by atoms with Crippen LogP contribution in [0.4, 0.5) is 0 Å². The first-order valence-electron chi connectivity index (χ1n) is 10.0. The summed E-state index contributed by atoms with van der Waals surface area (Å²) in [7, 11) is 3.48. The van der Waals surface area contributed by atoms with Gasteiger partial charge in [-0.25, -0.2) is 0 Å². The molecular formula is C25H26ClN3O2. The fourth-order valence-electron chi connectivity index (χ4n) is 3.60. The molecule has 5 nitrogen and oxygen atoms in total. The molecule has 0 unspecified atom stereocenters. The molecule has 0 radical (unpaired) electrons. The van der Waals surface area contributed by atoms with Crippen LogP contribution in [0.3, 0.4) is 0 Å². The van der Waals surface area contributed by atoms with E-state index in [9.17, 15) is 10.0 Å². The molecule has 3 rings (SSSR count). The minimum Gasteiger partial charge on any atom is -0.411 e. The van der Waals surface area contributed by atoms with Crippen LogP contribution in [0.1, 0.15) is 39.2 Å². The molecule has 160 valence electrons. The Morgan fingerprint density at radius 3 is 2.52 bits per heavy atom. The summed E-state index contributed by atoms with van der Waals surface area (Å²) < 4.78 is 0. The predicted octanol–water partition coefficient (Wildman–Crippen LogP) is 5.53. The van der Waals surface area contributed by atoms with Crippen molar-refractivity contribution in [1.29, 1.82) is 0 Å². The molecule has 0 spiro atoms. The zero-order chi connectivity index (χ0) is 22.5. The van der Waals surface area contributed by atoms with Gasteiger partial charge >= 0.3 is 0 Å². The van der Waals surface area contributed by atoms with E-state index >= 15 is 0 Å². The second-order valence-electron chi connectivity index (χ2n) is 7.76. The van der Waals surface area contributed by atoms with Gasteiger partial charge in [0.05, 0.1) is 5.71 Å². The lowest BCUT2D eigenvalue weighted by molar-refractivity contribution is 0.0826. The lowest BCUT2D eigenvalue weighted by atomic mass is 9.92. The molecule has 0 saturated carbocycles. The minimum atomic E-state index is -0.0587. The van der Waals surface area contributed by atoms with Gasteiger partial charge in [-0.1, -0.05) is 35.0 Å². The third-order valence-electron chi connectivity index (χ3n) is 5.22. The fraction of sp³-hybridized carbons (Fsp3) is 0.240. The molecule has 2 aromatic carbocycles. The maximum Gasteiger partial charge on any atom is 0.253 e. The molecule has 6 heteroatoms. The van der Waals surface area contributed by atoms with E-state index in [2.05, 4.69) is 10.1 Å². The van der Waals surface area contributed by atoms with Crippen LogP contribution < -0.4 is 0 Å². The SMILES string of the molecule is Cc1cc(/C(CCc2cc(-c3ccc(Cl)cc3C)ccc2C(=O)N(C)C)=N\O)ccn1. The molecule has 0 aliphatic rings. The molecule has 0 atom stereocenters. The number of carbonyl (C=O) groups is 1. The average molecular weight is 436 g/mol. The molecule has 0 fully saturated rings. The Bertz CT molecular complexity index is 1140. The van der Waals surface area contributed by atoms with Crippen LogP contribution in [0.2, 0.25) is 5.02 Å². The molecule has 1 heterocycles. The van der Waals surface area contributed by atoms with Crippen molar-refractivity contribution < 1.29 is 10.0 Å². The summed E-state index contributed by atoms with van der Waals surface area (Å²) in [5.41, 5.74) is 6.91. The van der Waals surface area contributed by atoms with Crippen LogP contribution >= 0.6 is 11.6 Å². The zero-order valence-electron chi connectivity index (χ0n) is 18.2. The highest BCUT2D eigenvalue weighted by Crippen LogP contribution is 2.29. The van der Waals surface area contributed by atoms with Gasteiger partial charge in [-0.05, 0) is 79.3 Å². The Kier molecular flexibility index (Phi) is 7.08. The van der Waals surface area contributed by atoms with E-state index in [0.717, 1.165) is 33.5 Å². The van der Waals surface area contributed by atoms with E-state index in [1.807, 2.05) is 62.4 Å². The number of oxime groups is 1. The van der Waals surface area contributed by atoms with Crippen molar-refractivity contribution in [2.24, 2.45) is 5.16 Å². The quantitative estimate of drug-likeness (QED) is 0.314. The smallest absolute Gasteiger partial charge is 0.253 e. The summed E-state index contributed by atoms with van der Waals surface area (Å²) in [5.74, 6) is -0.0587. The van der Waals surface area contributed by atoms with Crippen molar-refractivity contribution in [3.05, 3.63) is 87.7 Å². The van der Waals surface area contributed by atoms with E-state index in [-0.39, 0.29) is 5.91 Å². The molecule has 0 bridgehead atoms. The summed E-state index contributed by atoms with van der Waals surface area (Å²) in [6.07, 6.45) is 2.73. The summed E-state index contributed by atoms with van der Waals surface area (Å²) in [6, 6.07) is 15.4. The second kappa shape index (κ2) is 9.75. The predicted molar refractivity (Wildman–Crippen MR) is 125 cm³/mol. The number of benzene rings is 2. The minimum absolute atomic E-state index is 0.0587. The highest BCUT2D eigenvalue weighted by atomic mass is 35.5. The van der Waals surface area contributed by atoms with Crippen LogP contribution in [0.15, 0.2) is 59.9 Å². The van der Waals surface area contributed by atoms with E-state index in [1.54, 1.807) is 25.2 Å². The van der Waals surface area contributed by atoms with Gasteiger partial charge in [0.2, 0.25) is 0 Å². The van der Waals surface area contributed by atoms with Crippen LogP contribution in [-0.4, -0.2) is 40.8 Å². The highest BCUT2D eigenvalue weighted by Gasteiger charge is 2.16. The first kappa shape index (κ1) is 22.5. The van der Waals surface area contributed by atoms with Gasteiger partial charge in [0.25, 0.3) is 5.91 Å². The number of hydrogen-bond donors (Lipinski definition) is 1. The maximum absolute atomic E-state index is 12.8. The standard InChI is InChI=1S/C25H26ClN3O2/c1-16-13-21(26)7-9-22(16)18-5-8-23(25(30)29(3)4)19(15-18)6-10-24(28-31)20-11-12-27-17(2)14-20/h5,7-9,11-15,31H,6,10H2,1-4H3/b28-24-. The summed E-state index contributed by atoms with van der Waals surface area (Å²) in [6.45, 7) is 3.91. The molecule has 1 N–H and O–H groups in total. The maximum atomic E-state index is 12.8. The van der Waals surface area contributed by atoms with Gasteiger partial charge in [-0.3, -0.25) is 9.78 Å². The van der Waals surface area contributed by atoms with E-state index in [1.165, 1.54) is 0 Å². The molecule has 3 aromatic rings. The van der Waals surface area contributed by atoms with Crippen molar-refractivity contribution in [1.82, 2.24) is 9.88 Å². The topological polar surface area (TPSA) is 65.8 Å².